The molecule has 0 saturated heterocycles. The van der Waals surface area contributed by atoms with Gasteiger partial charge >= 0.3 is 0 Å². The normalized spacial score (nSPS) is 10.1. The molecule has 1 heterocycles. The van der Waals surface area contributed by atoms with E-state index < -0.39 is 0 Å². The fourth-order valence-corrected chi connectivity index (χ4v) is 1.80. The number of aromatic nitrogens is 1. The molecule has 0 atom stereocenters. The second-order valence-electron chi connectivity index (χ2n) is 3.26. The molecule has 0 aliphatic heterocycles. The van der Waals surface area contributed by atoms with Gasteiger partial charge in [-0.3, -0.25) is 0 Å². The summed E-state index contributed by atoms with van der Waals surface area (Å²) in [7, 11) is 0. The van der Waals surface area contributed by atoms with Crippen molar-refractivity contribution < 1.29 is 4.74 Å². The minimum Gasteiger partial charge on any atom is -0.473 e. The summed E-state index contributed by atoms with van der Waals surface area (Å²) < 4.78 is 6.48. The lowest BCUT2D eigenvalue weighted by molar-refractivity contribution is 0.294. The summed E-state index contributed by atoms with van der Waals surface area (Å²) in [5.74, 6) is 0.595. The molecule has 0 aliphatic rings. The van der Waals surface area contributed by atoms with Gasteiger partial charge in [-0.1, -0.05) is 28.1 Å². The topological polar surface area (TPSA) is 48.1 Å². The van der Waals surface area contributed by atoms with E-state index in [1.54, 1.807) is 6.20 Å². The predicted molar refractivity (Wildman–Crippen MR) is 67.1 cm³/mol. The van der Waals surface area contributed by atoms with Crippen LogP contribution in [0.15, 0.2) is 47.1 Å². The zero-order chi connectivity index (χ0) is 11.4. The highest BCUT2D eigenvalue weighted by molar-refractivity contribution is 9.10. The van der Waals surface area contributed by atoms with Crippen LogP contribution in [0.5, 0.6) is 5.88 Å². The zero-order valence-electron chi connectivity index (χ0n) is 8.56. The van der Waals surface area contributed by atoms with Crippen LogP contribution < -0.4 is 10.5 Å². The first-order valence-corrected chi connectivity index (χ1v) is 5.63. The number of nitrogens with zero attached hydrogens (tertiary/aromatic N) is 1. The number of anilines is 1. The number of nitrogens with two attached hydrogens (primary N) is 1. The maximum Gasteiger partial charge on any atom is 0.213 e. The third-order valence-corrected chi connectivity index (χ3v) is 2.90. The first-order chi connectivity index (χ1) is 7.77. The standard InChI is InChI=1S/C12H11BrN2O/c13-10-4-3-5-11(14)9(10)8-16-12-6-1-2-7-15-12/h1-7H,8,14H2. The van der Waals surface area contributed by atoms with Gasteiger partial charge in [-0.15, -0.1) is 0 Å². The van der Waals surface area contributed by atoms with E-state index in [1.807, 2.05) is 36.4 Å². The lowest BCUT2D eigenvalue weighted by Crippen LogP contribution is -2.01. The smallest absolute Gasteiger partial charge is 0.213 e. The lowest BCUT2D eigenvalue weighted by Gasteiger charge is -2.09. The van der Waals surface area contributed by atoms with Crippen LogP contribution in [0.3, 0.4) is 0 Å². The van der Waals surface area contributed by atoms with Crippen LogP contribution >= 0.6 is 15.9 Å². The largest absolute Gasteiger partial charge is 0.473 e. The fraction of sp³-hybridized carbons (Fsp3) is 0.0833. The van der Waals surface area contributed by atoms with Gasteiger partial charge in [0.1, 0.15) is 6.61 Å². The van der Waals surface area contributed by atoms with Crippen LogP contribution in [0.2, 0.25) is 0 Å². The van der Waals surface area contributed by atoms with Gasteiger partial charge in [0.25, 0.3) is 0 Å². The molecule has 0 fully saturated rings. The van der Waals surface area contributed by atoms with Crippen LogP contribution in [0, 0.1) is 0 Å². The van der Waals surface area contributed by atoms with Crippen molar-refractivity contribution in [2.24, 2.45) is 0 Å². The number of ether oxygens (including phenoxy) is 1. The Morgan fingerprint density at radius 3 is 2.75 bits per heavy atom. The number of rotatable bonds is 3. The minimum absolute atomic E-state index is 0.407. The third-order valence-electron chi connectivity index (χ3n) is 2.16. The van der Waals surface area contributed by atoms with Crippen molar-refractivity contribution in [1.29, 1.82) is 0 Å². The molecule has 3 nitrogen and oxygen atoms in total. The molecule has 2 N–H and O–H groups in total. The van der Waals surface area contributed by atoms with Crippen LogP contribution in [0.25, 0.3) is 0 Å². The molecule has 0 bridgehead atoms. The summed E-state index contributed by atoms with van der Waals surface area (Å²) in [6.07, 6.45) is 1.69. The molecular weight excluding hydrogens is 268 g/mol. The van der Waals surface area contributed by atoms with Crippen molar-refractivity contribution >= 4 is 21.6 Å². The maximum absolute atomic E-state index is 5.86. The average molecular weight is 279 g/mol. The Bertz CT molecular complexity index is 453. The van der Waals surface area contributed by atoms with Crippen molar-refractivity contribution in [3.05, 3.63) is 52.6 Å². The van der Waals surface area contributed by atoms with E-state index in [4.69, 9.17) is 10.5 Å². The van der Waals surface area contributed by atoms with Crippen LogP contribution in [0.4, 0.5) is 5.69 Å². The van der Waals surface area contributed by atoms with Crippen LogP contribution in [0.1, 0.15) is 5.56 Å². The summed E-state index contributed by atoms with van der Waals surface area (Å²) in [5, 5.41) is 0. The van der Waals surface area contributed by atoms with Gasteiger partial charge in [0.05, 0.1) is 0 Å². The molecule has 4 heteroatoms. The third kappa shape index (κ3) is 2.52. The minimum atomic E-state index is 0.407. The van der Waals surface area contributed by atoms with E-state index in [0.717, 1.165) is 10.0 Å². The molecule has 1 aromatic carbocycles. The Labute approximate surface area is 102 Å². The Morgan fingerprint density at radius 1 is 1.19 bits per heavy atom. The molecule has 0 amide bonds. The Balaban J connectivity index is 2.11. The summed E-state index contributed by atoms with van der Waals surface area (Å²) in [5.41, 5.74) is 7.51. The van der Waals surface area contributed by atoms with Gasteiger partial charge in [0, 0.05) is 28.0 Å². The summed E-state index contributed by atoms with van der Waals surface area (Å²) in [6, 6.07) is 11.2. The first kappa shape index (κ1) is 11.0. The number of nitrogen functional groups attached to an aromatic ring is 1. The molecule has 0 radical (unpaired) electrons. The second-order valence-corrected chi connectivity index (χ2v) is 4.12. The molecule has 0 saturated carbocycles. The summed E-state index contributed by atoms with van der Waals surface area (Å²) in [6.45, 7) is 0.407. The van der Waals surface area contributed by atoms with E-state index in [0.29, 0.717) is 18.2 Å². The van der Waals surface area contributed by atoms with Gasteiger partial charge in [-0.2, -0.15) is 0 Å². The molecular formula is C12H11BrN2O. The second kappa shape index (κ2) is 4.99. The van der Waals surface area contributed by atoms with Crippen molar-refractivity contribution in [2.45, 2.75) is 6.61 Å². The van der Waals surface area contributed by atoms with E-state index in [9.17, 15) is 0 Å². The Morgan fingerprint density at radius 2 is 2.06 bits per heavy atom. The molecule has 0 spiro atoms. The van der Waals surface area contributed by atoms with Crippen molar-refractivity contribution in [2.75, 3.05) is 5.73 Å². The highest BCUT2D eigenvalue weighted by atomic mass is 79.9. The predicted octanol–water partition coefficient (Wildman–Crippen LogP) is 3.01. The molecule has 2 rings (SSSR count). The molecule has 0 unspecified atom stereocenters. The van der Waals surface area contributed by atoms with Gasteiger partial charge in [0.15, 0.2) is 0 Å². The van der Waals surface area contributed by atoms with Crippen molar-refractivity contribution in [3.8, 4) is 5.88 Å². The SMILES string of the molecule is Nc1cccc(Br)c1COc1ccccn1. The van der Waals surface area contributed by atoms with Gasteiger partial charge in [0.2, 0.25) is 5.88 Å². The van der Waals surface area contributed by atoms with E-state index in [1.165, 1.54) is 0 Å². The maximum atomic E-state index is 5.86. The quantitative estimate of drug-likeness (QED) is 0.878. The molecule has 0 aliphatic carbocycles. The van der Waals surface area contributed by atoms with Gasteiger partial charge in [-0.05, 0) is 18.2 Å². The summed E-state index contributed by atoms with van der Waals surface area (Å²) >= 11 is 3.44. The van der Waals surface area contributed by atoms with Crippen LogP contribution in [-0.4, -0.2) is 4.98 Å². The Kier molecular flexibility index (Phi) is 3.41. The monoisotopic (exact) mass is 278 g/mol. The fourth-order valence-electron chi connectivity index (χ4n) is 1.31. The van der Waals surface area contributed by atoms with Crippen molar-refractivity contribution in [1.82, 2.24) is 4.98 Å². The molecule has 2 aromatic rings. The number of hydrogen-bond acceptors (Lipinski definition) is 3. The van der Waals surface area contributed by atoms with Gasteiger partial charge < -0.3 is 10.5 Å². The Hall–Kier alpha value is -1.55. The molecule has 1 aromatic heterocycles. The molecule has 16 heavy (non-hydrogen) atoms. The first-order valence-electron chi connectivity index (χ1n) is 4.84. The number of halogens is 1. The van der Waals surface area contributed by atoms with Gasteiger partial charge in [-0.25, -0.2) is 4.98 Å². The van der Waals surface area contributed by atoms with Crippen molar-refractivity contribution in [3.63, 3.8) is 0 Å². The molecule has 82 valence electrons. The number of pyridine rings is 1. The van der Waals surface area contributed by atoms with E-state index in [-0.39, 0.29) is 0 Å². The highest BCUT2D eigenvalue weighted by Gasteiger charge is 2.04. The zero-order valence-corrected chi connectivity index (χ0v) is 10.1. The van der Waals surface area contributed by atoms with E-state index >= 15 is 0 Å². The highest BCUT2D eigenvalue weighted by Crippen LogP contribution is 2.23. The average Bonchev–Trinajstić information content (AvgIpc) is 2.30. The summed E-state index contributed by atoms with van der Waals surface area (Å²) in [4.78, 5) is 4.07. The van der Waals surface area contributed by atoms with Crippen LogP contribution in [-0.2, 0) is 6.61 Å². The number of hydrogen-bond donors (Lipinski definition) is 1. The number of benzene rings is 1. The lowest BCUT2D eigenvalue weighted by atomic mass is 10.2. The van der Waals surface area contributed by atoms with E-state index in [2.05, 4.69) is 20.9 Å².